The topological polar surface area (TPSA) is 46.9 Å². The van der Waals surface area contributed by atoms with E-state index < -0.39 is 0 Å². The van der Waals surface area contributed by atoms with Gasteiger partial charge in [0, 0.05) is 19.2 Å². The molecule has 4 nitrogen and oxygen atoms in total. The maximum absolute atomic E-state index is 12.0. The smallest absolute Gasteiger partial charge is 0.243 e. The number of imidazole rings is 1. The fourth-order valence-electron chi connectivity index (χ4n) is 3.16. The molecule has 1 aliphatic carbocycles. The van der Waals surface area contributed by atoms with Gasteiger partial charge in [-0.15, -0.1) is 0 Å². The molecule has 0 atom stereocenters. The number of hydrogen-bond donors (Lipinski definition) is 1. The molecule has 116 valence electrons. The molecule has 1 aromatic carbocycles. The molecule has 4 heteroatoms. The molecule has 0 saturated heterocycles. The molecule has 1 saturated carbocycles. The molecular weight excluding hydrogens is 274 g/mol. The van der Waals surface area contributed by atoms with Crippen LogP contribution in [0, 0.1) is 6.92 Å². The number of aromatic nitrogens is 2. The summed E-state index contributed by atoms with van der Waals surface area (Å²) in [7, 11) is 0. The van der Waals surface area contributed by atoms with Gasteiger partial charge in [-0.2, -0.15) is 0 Å². The minimum Gasteiger partial charge on any atom is -0.351 e. The van der Waals surface area contributed by atoms with Gasteiger partial charge in [0.1, 0.15) is 5.82 Å². The van der Waals surface area contributed by atoms with E-state index in [1.54, 1.807) is 6.08 Å². The highest BCUT2D eigenvalue weighted by molar-refractivity contribution is 5.88. The van der Waals surface area contributed by atoms with E-state index in [9.17, 15) is 4.79 Å². The van der Waals surface area contributed by atoms with E-state index in [1.165, 1.54) is 24.8 Å². The predicted octanol–water partition coefficient (Wildman–Crippen LogP) is 3.35. The Kier molecular flexibility index (Phi) is 4.56. The summed E-state index contributed by atoms with van der Waals surface area (Å²) in [5, 5.41) is 3.00. The number of carbonyl (C=O) groups is 1. The van der Waals surface area contributed by atoms with Gasteiger partial charge in [-0.3, -0.25) is 4.79 Å². The van der Waals surface area contributed by atoms with E-state index in [0.717, 1.165) is 36.2 Å². The van der Waals surface area contributed by atoms with Crippen molar-refractivity contribution in [2.24, 2.45) is 0 Å². The van der Waals surface area contributed by atoms with Crippen molar-refractivity contribution in [1.29, 1.82) is 0 Å². The number of aryl methyl sites for hydroxylation is 1. The summed E-state index contributed by atoms with van der Waals surface area (Å²) in [4.78, 5) is 16.5. The average molecular weight is 297 g/mol. The number of benzene rings is 1. The highest BCUT2D eigenvalue weighted by atomic mass is 16.1. The van der Waals surface area contributed by atoms with Crippen LogP contribution in [0.2, 0.25) is 0 Å². The second kappa shape index (κ2) is 6.77. The zero-order valence-electron chi connectivity index (χ0n) is 13.1. The first-order valence-corrected chi connectivity index (χ1v) is 8.13. The quantitative estimate of drug-likeness (QED) is 0.880. The van der Waals surface area contributed by atoms with Crippen LogP contribution < -0.4 is 5.32 Å². The minimum absolute atomic E-state index is 0.0407. The summed E-state index contributed by atoms with van der Waals surface area (Å²) in [6.07, 6.45) is 7.71. The maximum Gasteiger partial charge on any atom is 0.243 e. The van der Waals surface area contributed by atoms with E-state index >= 15 is 0 Å². The summed E-state index contributed by atoms with van der Waals surface area (Å²) in [5.41, 5.74) is 3.43. The standard InChI is InChI=1S/C18H23N3O/c1-14-20-16-9-5-6-10-17(16)21(14)12-11-19-18(22)13-15-7-3-2-4-8-15/h5-6,9-10,13H,2-4,7-8,11-12H2,1H3,(H,19,22). The number of allylic oxidation sites excluding steroid dienone is 1. The lowest BCUT2D eigenvalue weighted by atomic mass is 9.95. The van der Waals surface area contributed by atoms with Gasteiger partial charge in [0.15, 0.2) is 0 Å². The lowest BCUT2D eigenvalue weighted by Gasteiger charge is -2.13. The van der Waals surface area contributed by atoms with Crippen LogP contribution in [0.5, 0.6) is 0 Å². The molecule has 1 heterocycles. The average Bonchev–Trinajstić information content (AvgIpc) is 2.84. The molecule has 0 aliphatic heterocycles. The molecule has 1 amide bonds. The third kappa shape index (κ3) is 3.38. The Morgan fingerprint density at radius 3 is 2.86 bits per heavy atom. The highest BCUT2D eigenvalue weighted by Gasteiger charge is 2.08. The predicted molar refractivity (Wildman–Crippen MR) is 88.6 cm³/mol. The zero-order chi connectivity index (χ0) is 15.4. The van der Waals surface area contributed by atoms with E-state index in [4.69, 9.17) is 0 Å². The van der Waals surface area contributed by atoms with Crippen molar-refractivity contribution >= 4 is 16.9 Å². The molecule has 0 unspecified atom stereocenters. The number of rotatable bonds is 4. The van der Waals surface area contributed by atoms with Gasteiger partial charge < -0.3 is 9.88 Å². The summed E-state index contributed by atoms with van der Waals surface area (Å²) >= 11 is 0. The Morgan fingerprint density at radius 1 is 1.27 bits per heavy atom. The Balaban J connectivity index is 1.58. The van der Waals surface area contributed by atoms with Gasteiger partial charge in [-0.25, -0.2) is 4.98 Å². The molecular formula is C18H23N3O. The molecule has 1 aromatic heterocycles. The molecule has 1 N–H and O–H groups in total. The zero-order valence-corrected chi connectivity index (χ0v) is 13.1. The molecule has 3 rings (SSSR count). The maximum atomic E-state index is 12.0. The minimum atomic E-state index is 0.0407. The van der Waals surface area contributed by atoms with Crippen molar-refractivity contribution in [1.82, 2.24) is 14.9 Å². The van der Waals surface area contributed by atoms with Gasteiger partial charge in [0.2, 0.25) is 5.91 Å². The van der Waals surface area contributed by atoms with Gasteiger partial charge >= 0.3 is 0 Å². The molecule has 22 heavy (non-hydrogen) atoms. The van der Waals surface area contributed by atoms with Crippen molar-refractivity contribution in [2.75, 3.05) is 6.54 Å². The SMILES string of the molecule is Cc1nc2ccccc2n1CCNC(=O)C=C1CCCCC1. The van der Waals surface area contributed by atoms with Crippen LogP contribution in [0.25, 0.3) is 11.0 Å². The Labute approximate surface area is 131 Å². The Morgan fingerprint density at radius 2 is 2.05 bits per heavy atom. The number of para-hydroxylation sites is 2. The second-order valence-electron chi connectivity index (χ2n) is 5.95. The summed E-state index contributed by atoms with van der Waals surface area (Å²) in [5.74, 6) is 1.03. The van der Waals surface area contributed by atoms with Gasteiger partial charge in [0.05, 0.1) is 11.0 Å². The summed E-state index contributed by atoms with van der Waals surface area (Å²) < 4.78 is 2.16. The van der Waals surface area contributed by atoms with Crippen LogP contribution in [-0.2, 0) is 11.3 Å². The van der Waals surface area contributed by atoms with Crippen molar-refractivity contribution in [2.45, 2.75) is 45.6 Å². The van der Waals surface area contributed by atoms with Gasteiger partial charge in [-0.1, -0.05) is 24.1 Å². The van der Waals surface area contributed by atoms with E-state index in [2.05, 4.69) is 20.9 Å². The molecule has 0 bridgehead atoms. The van der Waals surface area contributed by atoms with Crippen molar-refractivity contribution in [3.8, 4) is 0 Å². The Hall–Kier alpha value is -2.10. The van der Waals surface area contributed by atoms with Crippen molar-refractivity contribution < 1.29 is 4.79 Å². The first kappa shape index (κ1) is 14.8. The summed E-state index contributed by atoms with van der Waals surface area (Å²) in [6.45, 7) is 3.39. The van der Waals surface area contributed by atoms with Crippen LogP contribution in [-0.4, -0.2) is 22.0 Å². The van der Waals surface area contributed by atoms with Crippen LogP contribution in [0.3, 0.4) is 0 Å². The number of carbonyl (C=O) groups excluding carboxylic acids is 1. The molecule has 0 spiro atoms. The van der Waals surface area contributed by atoms with Gasteiger partial charge in [-0.05, 0) is 44.7 Å². The molecule has 0 radical (unpaired) electrons. The lowest BCUT2D eigenvalue weighted by molar-refractivity contribution is -0.116. The van der Waals surface area contributed by atoms with Crippen molar-refractivity contribution in [3.63, 3.8) is 0 Å². The number of amides is 1. The molecule has 1 aliphatic rings. The largest absolute Gasteiger partial charge is 0.351 e. The fraction of sp³-hybridized carbons (Fsp3) is 0.444. The fourth-order valence-corrected chi connectivity index (χ4v) is 3.16. The van der Waals surface area contributed by atoms with Gasteiger partial charge in [0.25, 0.3) is 0 Å². The van der Waals surface area contributed by atoms with Crippen LogP contribution >= 0.6 is 0 Å². The third-order valence-electron chi connectivity index (χ3n) is 4.31. The summed E-state index contributed by atoms with van der Waals surface area (Å²) in [6, 6.07) is 8.11. The van der Waals surface area contributed by atoms with E-state index in [-0.39, 0.29) is 5.91 Å². The van der Waals surface area contributed by atoms with Crippen LogP contribution in [0.15, 0.2) is 35.9 Å². The first-order chi connectivity index (χ1) is 10.7. The number of nitrogens with zero attached hydrogens (tertiary/aromatic N) is 2. The van der Waals surface area contributed by atoms with Crippen molar-refractivity contribution in [3.05, 3.63) is 41.7 Å². The molecule has 2 aromatic rings. The Bertz CT molecular complexity index is 691. The van der Waals surface area contributed by atoms with Crippen LogP contribution in [0.4, 0.5) is 0 Å². The first-order valence-electron chi connectivity index (χ1n) is 8.13. The lowest BCUT2D eigenvalue weighted by Crippen LogP contribution is -2.26. The number of fused-ring (bicyclic) bond motifs is 1. The van der Waals surface area contributed by atoms with E-state index in [1.807, 2.05) is 25.1 Å². The van der Waals surface area contributed by atoms with Crippen LogP contribution in [0.1, 0.15) is 37.9 Å². The monoisotopic (exact) mass is 297 g/mol. The van der Waals surface area contributed by atoms with E-state index in [0.29, 0.717) is 6.54 Å². The second-order valence-corrected chi connectivity index (χ2v) is 5.95. The molecule has 1 fully saturated rings. The highest BCUT2D eigenvalue weighted by Crippen LogP contribution is 2.22. The third-order valence-corrected chi connectivity index (χ3v) is 4.31. The normalized spacial score (nSPS) is 15.0. The number of hydrogen-bond acceptors (Lipinski definition) is 2. The number of nitrogens with one attached hydrogen (secondary N) is 1.